The Hall–Kier alpha value is -0.530. The molecule has 2 heteroatoms. The Kier molecular flexibility index (Phi) is 4.12. The summed E-state index contributed by atoms with van der Waals surface area (Å²) in [6.07, 6.45) is 8.03. The van der Waals surface area contributed by atoms with Crippen molar-refractivity contribution >= 4 is 5.71 Å². The van der Waals surface area contributed by atoms with E-state index in [2.05, 4.69) is 17.5 Å². The van der Waals surface area contributed by atoms with Gasteiger partial charge in [-0.05, 0) is 25.2 Å². The molecule has 0 bridgehead atoms. The summed E-state index contributed by atoms with van der Waals surface area (Å²) in [6, 6.07) is 0. The van der Waals surface area contributed by atoms with Gasteiger partial charge in [0.2, 0.25) is 0 Å². The van der Waals surface area contributed by atoms with Gasteiger partial charge in [0.1, 0.15) is 0 Å². The van der Waals surface area contributed by atoms with Crippen molar-refractivity contribution in [2.24, 2.45) is 11.0 Å². The van der Waals surface area contributed by atoms with Crippen molar-refractivity contribution < 1.29 is 0 Å². The van der Waals surface area contributed by atoms with Crippen LogP contribution >= 0.6 is 0 Å². The minimum Gasteiger partial charge on any atom is -0.313 e. The summed E-state index contributed by atoms with van der Waals surface area (Å²) in [4.78, 5) is 0. The van der Waals surface area contributed by atoms with Crippen LogP contribution in [0.15, 0.2) is 5.10 Å². The van der Waals surface area contributed by atoms with Crippen LogP contribution in [0.2, 0.25) is 0 Å². The van der Waals surface area contributed by atoms with Crippen LogP contribution < -0.4 is 5.43 Å². The Morgan fingerprint density at radius 3 is 2.50 bits per heavy atom. The van der Waals surface area contributed by atoms with Gasteiger partial charge in [-0.2, -0.15) is 5.10 Å². The van der Waals surface area contributed by atoms with Crippen LogP contribution in [-0.4, -0.2) is 12.8 Å². The van der Waals surface area contributed by atoms with Gasteiger partial charge < -0.3 is 5.43 Å². The minimum atomic E-state index is 0.774. The van der Waals surface area contributed by atoms with Crippen molar-refractivity contribution in [3.63, 3.8) is 0 Å². The molecule has 70 valence electrons. The molecule has 0 spiro atoms. The summed E-state index contributed by atoms with van der Waals surface area (Å²) in [5, 5.41) is 4.33. The molecule has 0 amide bonds. The average molecular weight is 168 g/mol. The number of rotatable bonds is 3. The summed E-state index contributed by atoms with van der Waals surface area (Å²) < 4.78 is 0. The standard InChI is InChI=1S/C10H20N2/c1-3-10(12-11-2)9-7-5-4-6-8-9/h9,11H,3-8H2,1-2H3/b12-10+. The maximum atomic E-state index is 4.33. The van der Waals surface area contributed by atoms with Crippen LogP contribution in [0.4, 0.5) is 0 Å². The summed E-state index contributed by atoms with van der Waals surface area (Å²) in [5.41, 5.74) is 4.28. The molecular formula is C10H20N2. The smallest absolute Gasteiger partial charge is 0.0406 e. The van der Waals surface area contributed by atoms with Crippen LogP contribution in [0.5, 0.6) is 0 Å². The molecule has 0 saturated heterocycles. The summed E-state index contributed by atoms with van der Waals surface area (Å²) in [5.74, 6) is 0.774. The van der Waals surface area contributed by atoms with Crippen LogP contribution in [0.25, 0.3) is 0 Å². The first-order chi connectivity index (χ1) is 5.88. The number of nitrogens with one attached hydrogen (secondary N) is 1. The van der Waals surface area contributed by atoms with Gasteiger partial charge in [-0.15, -0.1) is 0 Å². The van der Waals surface area contributed by atoms with Gasteiger partial charge in [-0.3, -0.25) is 0 Å². The second kappa shape index (κ2) is 5.18. The zero-order valence-electron chi connectivity index (χ0n) is 8.27. The third kappa shape index (κ3) is 2.50. The van der Waals surface area contributed by atoms with Crippen LogP contribution in [0.3, 0.4) is 0 Å². The molecule has 0 aromatic rings. The Labute approximate surface area is 75.4 Å². The lowest BCUT2D eigenvalue weighted by molar-refractivity contribution is 0.434. The highest BCUT2D eigenvalue weighted by atomic mass is 15.3. The van der Waals surface area contributed by atoms with Gasteiger partial charge in [0, 0.05) is 12.8 Å². The van der Waals surface area contributed by atoms with Gasteiger partial charge >= 0.3 is 0 Å². The number of hydrogen-bond donors (Lipinski definition) is 1. The van der Waals surface area contributed by atoms with Crippen LogP contribution in [0, 0.1) is 5.92 Å². The van der Waals surface area contributed by atoms with E-state index in [1.165, 1.54) is 37.8 Å². The second-order valence-corrected chi connectivity index (χ2v) is 3.52. The van der Waals surface area contributed by atoms with E-state index in [1.54, 1.807) is 0 Å². The highest BCUT2D eigenvalue weighted by Crippen LogP contribution is 2.25. The van der Waals surface area contributed by atoms with E-state index in [0.717, 1.165) is 12.3 Å². The topological polar surface area (TPSA) is 24.4 Å². The molecule has 1 saturated carbocycles. The summed E-state index contributed by atoms with van der Waals surface area (Å²) in [7, 11) is 1.89. The quantitative estimate of drug-likeness (QED) is 0.508. The van der Waals surface area contributed by atoms with E-state index in [0.29, 0.717) is 0 Å². The third-order valence-corrected chi connectivity index (χ3v) is 2.69. The molecular weight excluding hydrogens is 148 g/mol. The summed E-state index contributed by atoms with van der Waals surface area (Å²) in [6.45, 7) is 2.20. The molecule has 1 aliphatic rings. The van der Waals surface area contributed by atoms with Crippen LogP contribution in [-0.2, 0) is 0 Å². The van der Waals surface area contributed by atoms with Crippen LogP contribution in [0.1, 0.15) is 45.4 Å². The fourth-order valence-corrected chi connectivity index (χ4v) is 2.04. The van der Waals surface area contributed by atoms with Crippen molar-refractivity contribution in [1.29, 1.82) is 0 Å². The van der Waals surface area contributed by atoms with E-state index in [1.807, 2.05) is 7.05 Å². The van der Waals surface area contributed by atoms with Gasteiger partial charge in [-0.1, -0.05) is 26.2 Å². The second-order valence-electron chi connectivity index (χ2n) is 3.52. The molecule has 1 aliphatic carbocycles. The van der Waals surface area contributed by atoms with Crippen molar-refractivity contribution in [1.82, 2.24) is 5.43 Å². The predicted octanol–water partition coefficient (Wildman–Crippen LogP) is 2.55. The molecule has 1 rings (SSSR count). The maximum absolute atomic E-state index is 4.33. The molecule has 0 aromatic carbocycles. The monoisotopic (exact) mass is 168 g/mol. The van der Waals surface area contributed by atoms with E-state index in [9.17, 15) is 0 Å². The molecule has 2 nitrogen and oxygen atoms in total. The van der Waals surface area contributed by atoms with E-state index in [-0.39, 0.29) is 0 Å². The molecule has 1 N–H and O–H groups in total. The molecule has 1 fully saturated rings. The highest BCUT2D eigenvalue weighted by molar-refractivity contribution is 5.86. The Balaban J connectivity index is 2.46. The highest BCUT2D eigenvalue weighted by Gasteiger charge is 2.17. The molecule has 12 heavy (non-hydrogen) atoms. The van der Waals surface area contributed by atoms with E-state index >= 15 is 0 Å². The SMILES string of the molecule is CC/C(=N\NC)C1CCCCC1. The minimum absolute atomic E-state index is 0.774. The summed E-state index contributed by atoms with van der Waals surface area (Å²) >= 11 is 0. The first-order valence-electron chi connectivity index (χ1n) is 5.11. The fraction of sp³-hybridized carbons (Fsp3) is 0.900. The molecule has 0 aromatic heterocycles. The lowest BCUT2D eigenvalue weighted by Gasteiger charge is -2.22. The lowest BCUT2D eigenvalue weighted by Crippen LogP contribution is -2.19. The predicted molar refractivity (Wildman–Crippen MR) is 53.4 cm³/mol. The lowest BCUT2D eigenvalue weighted by atomic mass is 9.85. The van der Waals surface area contributed by atoms with Gasteiger partial charge in [0.25, 0.3) is 0 Å². The van der Waals surface area contributed by atoms with E-state index in [4.69, 9.17) is 0 Å². The molecule has 0 unspecified atom stereocenters. The number of hydrogen-bond acceptors (Lipinski definition) is 2. The number of nitrogens with zero attached hydrogens (tertiary/aromatic N) is 1. The van der Waals surface area contributed by atoms with Crippen molar-refractivity contribution in [3.8, 4) is 0 Å². The van der Waals surface area contributed by atoms with E-state index < -0.39 is 0 Å². The van der Waals surface area contributed by atoms with Crippen molar-refractivity contribution in [3.05, 3.63) is 0 Å². The maximum Gasteiger partial charge on any atom is 0.0406 e. The van der Waals surface area contributed by atoms with Gasteiger partial charge in [0.15, 0.2) is 0 Å². The average Bonchev–Trinajstić information content (AvgIpc) is 2.15. The van der Waals surface area contributed by atoms with Gasteiger partial charge in [-0.25, -0.2) is 0 Å². The first-order valence-corrected chi connectivity index (χ1v) is 5.11. The zero-order chi connectivity index (χ0) is 8.81. The molecule has 0 atom stereocenters. The van der Waals surface area contributed by atoms with Gasteiger partial charge in [0.05, 0.1) is 0 Å². The fourth-order valence-electron chi connectivity index (χ4n) is 2.04. The van der Waals surface area contributed by atoms with Crippen molar-refractivity contribution in [2.45, 2.75) is 45.4 Å². The Morgan fingerprint density at radius 2 is 2.00 bits per heavy atom. The molecule has 0 aliphatic heterocycles. The third-order valence-electron chi connectivity index (χ3n) is 2.69. The number of hydrazone groups is 1. The largest absolute Gasteiger partial charge is 0.313 e. The first kappa shape index (κ1) is 9.56. The van der Waals surface area contributed by atoms with Crippen molar-refractivity contribution in [2.75, 3.05) is 7.05 Å². The molecule has 0 heterocycles. The molecule has 0 radical (unpaired) electrons. The Morgan fingerprint density at radius 1 is 1.33 bits per heavy atom. The Bertz CT molecular complexity index is 146. The normalized spacial score (nSPS) is 21.0. The zero-order valence-corrected chi connectivity index (χ0v) is 8.27.